The van der Waals surface area contributed by atoms with Gasteiger partial charge in [0.1, 0.15) is 5.82 Å². The molecule has 0 bridgehead atoms. The van der Waals surface area contributed by atoms with E-state index in [4.69, 9.17) is 5.73 Å². The Bertz CT molecular complexity index is 546. The fraction of sp³-hybridized carbons (Fsp3) is 0.294. The molecule has 2 aromatic carbocycles. The summed E-state index contributed by atoms with van der Waals surface area (Å²) in [5.74, 6) is -0.210. The van der Waals surface area contributed by atoms with E-state index in [2.05, 4.69) is 31.2 Å². The maximum absolute atomic E-state index is 13.8. The van der Waals surface area contributed by atoms with Crippen molar-refractivity contribution in [2.75, 3.05) is 0 Å². The van der Waals surface area contributed by atoms with Crippen molar-refractivity contribution in [1.29, 1.82) is 0 Å². The second-order valence-corrected chi connectivity index (χ2v) is 5.01. The third kappa shape index (κ3) is 3.42. The summed E-state index contributed by atoms with van der Waals surface area (Å²) >= 11 is 0. The van der Waals surface area contributed by atoms with E-state index in [9.17, 15) is 4.39 Å². The molecule has 0 saturated carbocycles. The number of hydrogen-bond donors (Lipinski definition) is 1. The molecule has 2 rings (SSSR count). The number of rotatable bonds is 4. The van der Waals surface area contributed by atoms with Gasteiger partial charge in [0.2, 0.25) is 0 Å². The first-order chi connectivity index (χ1) is 9.10. The van der Waals surface area contributed by atoms with E-state index >= 15 is 0 Å². The van der Waals surface area contributed by atoms with E-state index in [1.54, 1.807) is 6.07 Å². The molecule has 1 nitrogen and oxygen atoms in total. The number of hydrogen-bond acceptors (Lipinski definition) is 1. The fourth-order valence-electron chi connectivity index (χ4n) is 2.21. The van der Waals surface area contributed by atoms with Crippen molar-refractivity contribution >= 4 is 0 Å². The Kier molecular flexibility index (Phi) is 4.33. The second kappa shape index (κ2) is 5.98. The highest BCUT2D eigenvalue weighted by atomic mass is 19.1. The molecule has 1 unspecified atom stereocenters. The van der Waals surface area contributed by atoms with E-state index in [0.717, 1.165) is 17.5 Å². The number of aryl methyl sites for hydroxylation is 2. The average molecular weight is 257 g/mol. The lowest BCUT2D eigenvalue weighted by atomic mass is 9.97. The SMILES string of the molecule is CCc1ccc(CC(N)c2ccc(C)cc2F)cc1. The van der Waals surface area contributed by atoms with Crippen LogP contribution in [0.1, 0.15) is 35.2 Å². The molecule has 0 aliphatic heterocycles. The molecule has 2 heteroatoms. The lowest BCUT2D eigenvalue weighted by molar-refractivity contribution is 0.579. The van der Waals surface area contributed by atoms with E-state index < -0.39 is 0 Å². The molecule has 100 valence electrons. The minimum absolute atomic E-state index is 0.210. The van der Waals surface area contributed by atoms with Crippen molar-refractivity contribution in [2.45, 2.75) is 32.7 Å². The van der Waals surface area contributed by atoms with Crippen LogP contribution in [0.2, 0.25) is 0 Å². The Morgan fingerprint density at radius 1 is 1.05 bits per heavy atom. The van der Waals surface area contributed by atoms with Gasteiger partial charge in [-0.2, -0.15) is 0 Å². The van der Waals surface area contributed by atoms with Crippen LogP contribution in [-0.2, 0) is 12.8 Å². The molecule has 0 fully saturated rings. The smallest absolute Gasteiger partial charge is 0.128 e. The lowest BCUT2D eigenvalue weighted by Crippen LogP contribution is -2.15. The Hall–Kier alpha value is -1.67. The second-order valence-electron chi connectivity index (χ2n) is 5.01. The van der Waals surface area contributed by atoms with Crippen LogP contribution in [-0.4, -0.2) is 0 Å². The first-order valence-corrected chi connectivity index (χ1v) is 6.69. The molecule has 0 saturated heterocycles. The molecule has 0 amide bonds. The highest BCUT2D eigenvalue weighted by Crippen LogP contribution is 2.20. The predicted molar refractivity (Wildman–Crippen MR) is 77.6 cm³/mol. The molecule has 0 aliphatic carbocycles. The van der Waals surface area contributed by atoms with E-state index in [-0.39, 0.29) is 11.9 Å². The van der Waals surface area contributed by atoms with Gasteiger partial charge < -0.3 is 5.73 Å². The summed E-state index contributed by atoms with van der Waals surface area (Å²) in [6, 6.07) is 13.3. The van der Waals surface area contributed by atoms with Gasteiger partial charge in [-0.1, -0.05) is 43.3 Å². The third-order valence-corrected chi connectivity index (χ3v) is 3.44. The minimum atomic E-state index is -0.298. The largest absolute Gasteiger partial charge is 0.324 e. The van der Waals surface area contributed by atoms with Gasteiger partial charge in [0.25, 0.3) is 0 Å². The molecule has 19 heavy (non-hydrogen) atoms. The van der Waals surface area contributed by atoms with Gasteiger partial charge in [0, 0.05) is 11.6 Å². The highest BCUT2D eigenvalue weighted by molar-refractivity contribution is 5.29. The molecular formula is C17H20FN. The fourth-order valence-corrected chi connectivity index (χ4v) is 2.21. The number of halogens is 1. The van der Waals surface area contributed by atoms with Gasteiger partial charge in [-0.25, -0.2) is 4.39 Å². The topological polar surface area (TPSA) is 26.0 Å². The van der Waals surface area contributed by atoms with Crippen molar-refractivity contribution in [1.82, 2.24) is 0 Å². The van der Waals surface area contributed by atoms with Gasteiger partial charge in [0.15, 0.2) is 0 Å². The van der Waals surface area contributed by atoms with Crippen molar-refractivity contribution < 1.29 is 4.39 Å². The van der Waals surface area contributed by atoms with Crippen LogP contribution in [0.3, 0.4) is 0 Å². The van der Waals surface area contributed by atoms with Crippen molar-refractivity contribution in [3.8, 4) is 0 Å². The van der Waals surface area contributed by atoms with Crippen molar-refractivity contribution in [3.05, 3.63) is 70.5 Å². The van der Waals surface area contributed by atoms with Crippen LogP contribution in [0, 0.1) is 12.7 Å². The van der Waals surface area contributed by atoms with Crippen LogP contribution in [0.4, 0.5) is 4.39 Å². The Morgan fingerprint density at radius 2 is 1.68 bits per heavy atom. The normalized spacial score (nSPS) is 12.4. The summed E-state index contributed by atoms with van der Waals surface area (Å²) < 4.78 is 13.8. The Labute approximate surface area is 114 Å². The molecule has 0 heterocycles. The Morgan fingerprint density at radius 3 is 2.26 bits per heavy atom. The Balaban J connectivity index is 2.13. The zero-order chi connectivity index (χ0) is 13.8. The van der Waals surface area contributed by atoms with Crippen LogP contribution in [0.25, 0.3) is 0 Å². The lowest BCUT2D eigenvalue weighted by Gasteiger charge is -2.14. The molecule has 2 aromatic rings. The average Bonchev–Trinajstić information content (AvgIpc) is 2.39. The van der Waals surface area contributed by atoms with Gasteiger partial charge in [-0.3, -0.25) is 0 Å². The summed E-state index contributed by atoms with van der Waals surface area (Å²) in [5, 5.41) is 0. The van der Waals surface area contributed by atoms with Gasteiger partial charge in [-0.15, -0.1) is 0 Å². The molecule has 0 aromatic heterocycles. The van der Waals surface area contributed by atoms with Crippen molar-refractivity contribution in [2.24, 2.45) is 5.73 Å². The summed E-state index contributed by atoms with van der Waals surface area (Å²) in [6.07, 6.45) is 1.68. The summed E-state index contributed by atoms with van der Waals surface area (Å²) in [5.41, 5.74) is 10.1. The van der Waals surface area contributed by atoms with Crippen LogP contribution in [0.15, 0.2) is 42.5 Å². The molecule has 2 N–H and O–H groups in total. The molecule has 1 atom stereocenters. The molecule has 0 radical (unpaired) electrons. The van der Waals surface area contributed by atoms with E-state index in [0.29, 0.717) is 12.0 Å². The summed E-state index contributed by atoms with van der Waals surface area (Å²) in [7, 11) is 0. The van der Waals surface area contributed by atoms with Crippen LogP contribution >= 0.6 is 0 Å². The number of nitrogens with two attached hydrogens (primary N) is 1. The first-order valence-electron chi connectivity index (χ1n) is 6.69. The summed E-state index contributed by atoms with van der Waals surface area (Å²) in [6.45, 7) is 4.00. The van der Waals surface area contributed by atoms with E-state index in [1.165, 1.54) is 11.6 Å². The van der Waals surface area contributed by atoms with Gasteiger partial charge in [-0.05, 0) is 42.5 Å². The maximum atomic E-state index is 13.8. The highest BCUT2D eigenvalue weighted by Gasteiger charge is 2.12. The molecule has 0 spiro atoms. The maximum Gasteiger partial charge on any atom is 0.128 e. The van der Waals surface area contributed by atoms with Gasteiger partial charge in [0.05, 0.1) is 0 Å². The first kappa shape index (κ1) is 13.8. The predicted octanol–water partition coefficient (Wildman–Crippen LogP) is 3.94. The number of benzene rings is 2. The van der Waals surface area contributed by atoms with Gasteiger partial charge >= 0.3 is 0 Å². The zero-order valence-electron chi connectivity index (χ0n) is 11.5. The summed E-state index contributed by atoms with van der Waals surface area (Å²) in [4.78, 5) is 0. The van der Waals surface area contributed by atoms with E-state index in [1.807, 2.05) is 13.0 Å². The van der Waals surface area contributed by atoms with Crippen molar-refractivity contribution in [3.63, 3.8) is 0 Å². The zero-order valence-corrected chi connectivity index (χ0v) is 11.5. The molecule has 0 aliphatic rings. The standard InChI is InChI=1S/C17H20FN/c1-3-13-5-7-14(8-6-13)11-17(19)15-9-4-12(2)10-16(15)18/h4-10,17H,3,11,19H2,1-2H3. The van der Waals surface area contributed by atoms with Crippen LogP contribution in [0.5, 0.6) is 0 Å². The minimum Gasteiger partial charge on any atom is -0.324 e. The monoisotopic (exact) mass is 257 g/mol. The van der Waals surface area contributed by atoms with Crippen LogP contribution < -0.4 is 5.73 Å². The third-order valence-electron chi connectivity index (χ3n) is 3.44. The molecular weight excluding hydrogens is 237 g/mol. The quantitative estimate of drug-likeness (QED) is 0.882.